The number of fused-ring (bicyclic) bond motifs is 7. The Bertz CT molecular complexity index is 1030. The zero-order valence-electron chi connectivity index (χ0n) is 26.0. The Morgan fingerprint density at radius 1 is 0.947 bits per heavy atom. The Morgan fingerprint density at radius 3 is 2.32 bits per heavy atom. The van der Waals surface area contributed by atoms with Crippen LogP contribution in [0.4, 0.5) is 0 Å². The topological polar surface area (TPSA) is 46.5 Å². The summed E-state index contributed by atoms with van der Waals surface area (Å²) in [5, 5.41) is 11.0. The highest BCUT2D eigenvalue weighted by Crippen LogP contribution is 2.75. The summed E-state index contributed by atoms with van der Waals surface area (Å²) in [6.07, 6.45) is 15.3. The standard InChI is InChI=1S/C35H56O3/c1-23(2)14-21-38-29(37)35-19-17-30(3,4)22-25(35)24-10-11-27-32(7)15-13-28(36)31(5,6)26(32)12-16-34(27,9)33(24,8)18-20-35/h10,14,25-28,36H,11-13,15-22H2,1-9H3/t25?,26?,27?,28-,32-,33+,34+,35-/m0/s1. The number of aliphatic hydroxyl groups excluding tert-OH is 1. The van der Waals surface area contributed by atoms with E-state index in [0.29, 0.717) is 18.4 Å². The van der Waals surface area contributed by atoms with Crippen molar-refractivity contribution in [3.05, 3.63) is 23.3 Å². The van der Waals surface area contributed by atoms with Gasteiger partial charge in [0.15, 0.2) is 0 Å². The summed E-state index contributed by atoms with van der Waals surface area (Å²) in [5.41, 5.74) is 3.26. The van der Waals surface area contributed by atoms with Crippen LogP contribution < -0.4 is 0 Å². The van der Waals surface area contributed by atoms with Crippen LogP contribution in [0.2, 0.25) is 0 Å². The third-order valence-corrected chi connectivity index (χ3v) is 13.7. The molecule has 3 heteroatoms. The molecule has 4 fully saturated rings. The first kappa shape index (κ1) is 28.4. The summed E-state index contributed by atoms with van der Waals surface area (Å²) < 4.78 is 6.02. The van der Waals surface area contributed by atoms with E-state index < -0.39 is 0 Å². The van der Waals surface area contributed by atoms with Crippen LogP contribution >= 0.6 is 0 Å². The average molecular weight is 525 g/mol. The van der Waals surface area contributed by atoms with Gasteiger partial charge in [0.25, 0.3) is 0 Å². The summed E-state index contributed by atoms with van der Waals surface area (Å²) in [6, 6.07) is 0. The van der Waals surface area contributed by atoms with E-state index in [9.17, 15) is 9.90 Å². The van der Waals surface area contributed by atoms with Gasteiger partial charge >= 0.3 is 5.97 Å². The molecular weight excluding hydrogens is 468 g/mol. The minimum Gasteiger partial charge on any atom is -0.461 e. The van der Waals surface area contributed by atoms with Crippen molar-refractivity contribution in [2.75, 3.05) is 6.61 Å². The van der Waals surface area contributed by atoms with Gasteiger partial charge in [-0.05, 0) is 129 Å². The van der Waals surface area contributed by atoms with E-state index >= 15 is 0 Å². The van der Waals surface area contributed by atoms with Gasteiger partial charge < -0.3 is 9.84 Å². The minimum atomic E-state index is -0.364. The Hall–Kier alpha value is -1.09. The van der Waals surface area contributed by atoms with E-state index in [0.717, 1.165) is 51.4 Å². The van der Waals surface area contributed by atoms with Crippen LogP contribution in [0, 0.1) is 50.2 Å². The van der Waals surface area contributed by atoms with Gasteiger partial charge in [-0.2, -0.15) is 0 Å². The monoisotopic (exact) mass is 524 g/mol. The highest BCUT2D eigenvalue weighted by Gasteiger charge is 2.69. The number of esters is 1. The van der Waals surface area contributed by atoms with Crippen LogP contribution in [-0.2, 0) is 9.53 Å². The second-order valence-electron chi connectivity index (χ2n) is 16.6. The summed E-state index contributed by atoms with van der Waals surface area (Å²) in [4.78, 5) is 13.9. The minimum absolute atomic E-state index is 0.0244. The van der Waals surface area contributed by atoms with Crippen LogP contribution in [-0.4, -0.2) is 23.8 Å². The lowest BCUT2D eigenvalue weighted by Crippen LogP contribution is -2.65. The van der Waals surface area contributed by atoms with Gasteiger partial charge in [-0.25, -0.2) is 0 Å². The van der Waals surface area contributed by atoms with Gasteiger partial charge in [0.1, 0.15) is 6.61 Å². The third kappa shape index (κ3) is 3.87. The highest BCUT2D eigenvalue weighted by atomic mass is 16.5. The van der Waals surface area contributed by atoms with Crippen molar-refractivity contribution in [3.63, 3.8) is 0 Å². The van der Waals surface area contributed by atoms with Crippen molar-refractivity contribution < 1.29 is 14.6 Å². The van der Waals surface area contributed by atoms with Crippen molar-refractivity contribution in [1.82, 2.24) is 0 Å². The zero-order valence-corrected chi connectivity index (χ0v) is 26.0. The highest BCUT2D eigenvalue weighted by molar-refractivity contribution is 5.79. The molecule has 38 heavy (non-hydrogen) atoms. The SMILES string of the molecule is CC(C)=CCOC(=O)[C@]12CCC(C)(C)CC1C1=CCC3[C@@]4(C)CC[C@H](O)C(C)(C)C4CC[C@@]3(C)[C@]1(C)CC2. The van der Waals surface area contributed by atoms with Crippen molar-refractivity contribution >= 4 is 5.97 Å². The smallest absolute Gasteiger partial charge is 0.312 e. The lowest BCUT2D eigenvalue weighted by atomic mass is 9.33. The molecule has 0 saturated heterocycles. The first-order chi connectivity index (χ1) is 17.5. The molecule has 1 N–H and O–H groups in total. The second-order valence-corrected chi connectivity index (χ2v) is 16.6. The number of aliphatic hydroxyl groups is 1. The number of carbonyl (C=O) groups is 1. The fourth-order valence-electron chi connectivity index (χ4n) is 11.0. The normalized spacial score (nSPS) is 46.8. The fraction of sp³-hybridized carbons (Fsp3) is 0.857. The molecule has 0 bridgehead atoms. The molecule has 0 aliphatic heterocycles. The number of hydrogen-bond acceptors (Lipinski definition) is 3. The zero-order chi connectivity index (χ0) is 27.9. The molecule has 0 heterocycles. The van der Waals surface area contributed by atoms with Gasteiger partial charge in [-0.3, -0.25) is 4.79 Å². The van der Waals surface area contributed by atoms with E-state index in [-0.39, 0.29) is 50.5 Å². The van der Waals surface area contributed by atoms with E-state index in [1.807, 2.05) is 6.08 Å². The van der Waals surface area contributed by atoms with Gasteiger partial charge in [0, 0.05) is 0 Å². The molecule has 214 valence electrons. The first-order valence-electron chi connectivity index (χ1n) is 15.7. The molecule has 5 rings (SSSR count). The number of ether oxygens (including phenoxy) is 1. The molecule has 0 amide bonds. The predicted molar refractivity (Wildman–Crippen MR) is 155 cm³/mol. The number of hydrogen-bond donors (Lipinski definition) is 1. The maximum Gasteiger partial charge on any atom is 0.312 e. The maximum atomic E-state index is 13.9. The van der Waals surface area contributed by atoms with Crippen molar-refractivity contribution in [2.24, 2.45) is 50.2 Å². The van der Waals surface area contributed by atoms with E-state index in [1.54, 1.807) is 5.57 Å². The Morgan fingerprint density at radius 2 is 1.63 bits per heavy atom. The molecule has 0 radical (unpaired) electrons. The van der Waals surface area contributed by atoms with E-state index in [1.165, 1.54) is 18.4 Å². The molecule has 3 nitrogen and oxygen atoms in total. The van der Waals surface area contributed by atoms with Crippen molar-refractivity contribution in [2.45, 2.75) is 133 Å². The first-order valence-corrected chi connectivity index (χ1v) is 15.7. The molecule has 0 aromatic rings. The summed E-state index contributed by atoms with van der Waals surface area (Å²) >= 11 is 0. The number of rotatable bonds is 3. The second kappa shape index (κ2) is 8.95. The van der Waals surface area contributed by atoms with Gasteiger partial charge in [0.2, 0.25) is 0 Å². The summed E-state index contributed by atoms with van der Waals surface area (Å²) in [7, 11) is 0. The average Bonchev–Trinajstić information content (AvgIpc) is 2.81. The maximum absolute atomic E-state index is 13.9. The Balaban J connectivity index is 1.54. The lowest BCUT2D eigenvalue weighted by Gasteiger charge is -2.71. The molecule has 3 unspecified atom stereocenters. The molecular formula is C35H56O3. The van der Waals surface area contributed by atoms with Crippen LogP contribution in [0.3, 0.4) is 0 Å². The molecule has 4 saturated carbocycles. The Labute approximate surface area is 233 Å². The molecule has 5 aliphatic rings. The van der Waals surface area contributed by atoms with E-state index in [2.05, 4.69) is 68.4 Å². The van der Waals surface area contributed by atoms with Crippen molar-refractivity contribution in [1.29, 1.82) is 0 Å². The molecule has 0 aromatic heterocycles. The van der Waals surface area contributed by atoms with Gasteiger partial charge in [-0.15, -0.1) is 0 Å². The molecule has 8 atom stereocenters. The number of allylic oxidation sites excluding steroid dienone is 3. The quantitative estimate of drug-likeness (QED) is 0.297. The van der Waals surface area contributed by atoms with E-state index in [4.69, 9.17) is 4.74 Å². The van der Waals surface area contributed by atoms with Crippen molar-refractivity contribution in [3.8, 4) is 0 Å². The number of carbonyl (C=O) groups excluding carboxylic acids is 1. The van der Waals surface area contributed by atoms with Gasteiger partial charge in [0.05, 0.1) is 11.5 Å². The lowest BCUT2D eigenvalue weighted by molar-refractivity contribution is -0.206. The molecule has 0 aromatic carbocycles. The summed E-state index contributed by atoms with van der Waals surface area (Å²) in [5.74, 6) is 1.54. The Kier molecular flexibility index (Phi) is 6.70. The third-order valence-electron chi connectivity index (χ3n) is 13.7. The molecule has 0 spiro atoms. The fourth-order valence-corrected chi connectivity index (χ4v) is 11.0. The molecule has 5 aliphatic carbocycles. The predicted octanol–water partition coefficient (Wildman–Crippen LogP) is 8.66. The van der Waals surface area contributed by atoms with Crippen LogP contribution in [0.25, 0.3) is 0 Å². The largest absolute Gasteiger partial charge is 0.461 e. The van der Waals surface area contributed by atoms with Gasteiger partial charge in [-0.1, -0.05) is 65.7 Å². The van der Waals surface area contributed by atoms with Crippen LogP contribution in [0.15, 0.2) is 23.3 Å². The van der Waals surface area contributed by atoms with Crippen LogP contribution in [0.1, 0.15) is 127 Å². The summed E-state index contributed by atoms with van der Waals surface area (Å²) in [6.45, 7) is 21.8. The van der Waals surface area contributed by atoms with Crippen LogP contribution in [0.5, 0.6) is 0 Å².